The third kappa shape index (κ3) is 7.02. The molecule has 146 valence electrons. The normalized spacial score (nSPS) is 17.8. The van der Waals surface area contributed by atoms with Crippen molar-refractivity contribution < 1.29 is 17.9 Å². The van der Waals surface area contributed by atoms with E-state index in [0.717, 1.165) is 38.2 Å². The van der Waals surface area contributed by atoms with Crippen LogP contribution in [0.2, 0.25) is 5.02 Å². The Morgan fingerprint density at radius 2 is 1.84 bits per heavy atom. The maximum Gasteiger partial charge on any atom is 0.573 e. The summed E-state index contributed by atoms with van der Waals surface area (Å²) in [5.74, 6) is 0.0182. The number of benzene rings is 1. The number of halogens is 6. The number of ether oxygens (including phenoxy) is 1. The molecule has 25 heavy (non-hydrogen) atoms. The van der Waals surface area contributed by atoms with Crippen molar-refractivity contribution in [3.8, 4) is 5.75 Å². The molecule has 1 fully saturated rings. The molecule has 9 heteroatoms. The van der Waals surface area contributed by atoms with Crippen molar-refractivity contribution in [3.63, 3.8) is 0 Å². The van der Waals surface area contributed by atoms with Gasteiger partial charge in [-0.3, -0.25) is 4.90 Å². The molecule has 3 nitrogen and oxygen atoms in total. The Hall–Kier alpha value is -0.400. The Morgan fingerprint density at radius 3 is 2.32 bits per heavy atom. The smallest absolute Gasteiger partial charge is 0.404 e. The fourth-order valence-electron chi connectivity index (χ4n) is 2.99. The topological polar surface area (TPSA) is 24.5 Å². The van der Waals surface area contributed by atoms with Crippen LogP contribution in [0, 0.1) is 5.92 Å². The number of nitrogens with one attached hydrogen (secondary N) is 1. The zero-order valence-electron chi connectivity index (χ0n) is 14.1. The number of nitrogens with zero attached hydrogens (tertiary/aromatic N) is 1. The van der Waals surface area contributed by atoms with E-state index in [9.17, 15) is 13.2 Å². The van der Waals surface area contributed by atoms with Crippen LogP contribution in [-0.2, 0) is 0 Å². The molecule has 1 saturated heterocycles. The van der Waals surface area contributed by atoms with Gasteiger partial charge in [0.15, 0.2) is 0 Å². The Kier molecular flexibility index (Phi) is 10.5. The van der Waals surface area contributed by atoms with Gasteiger partial charge in [-0.1, -0.05) is 37.9 Å². The van der Waals surface area contributed by atoms with E-state index in [-0.39, 0.29) is 41.6 Å². The summed E-state index contributed by atoms with van der Waals surface area (Å²) >= 11 is 6.01. The average molecular weight is 424 g/mol. The molecular weight excluding hydrogens is 400 g/mol. The molecule has 2 atom stereocenters. The van der Waals surface area contributed by atoms with Crippen LogP contribution in [0.15, 0.2) is 18.2 Å². The Balaban J connectivity index is 0.00000288. The van der Waals surface area contributed by atoms with Crippen LogP contribution >= 0.6 is 36.4 Å². The maximum absolute atomic E-state index is 12.4. The van der Waals surface area contributed by atoms with Crippen molar-refractivity contribution in [1.82, 2.24) is 10.2 Å². The van der Waals surface area contributed by atoms with Crippen molar-refractivity contribution in [2.45, 2.75) is 32.7 Å². The van der Waals surface area contributed by atoms with Gasteiger partial charge in [0.25, 0.3) is 0 Å². The molecule has 1 aromatic rings. The van der Waals surface area contributed by atoms with Crippen LogP contribution in [0.3, 0.4) is 0 Å². The molecule has 0 bridgehead atoms. The van der Waals surface area contributed by atoms with E-state index < -0.39 is 6.36 Å². The first-order valence-electron chi connectivity index (χ1n) is 7.81. The third-order valence-electron chi connectivity index (χ3n) is 4.25. The molecule has 1 heterocycles. The molecule has 2 rings (SSSR count). The highest BCUT2D eigenvalue weighted by molar-refractivity contribution is 6.32. The molecule has 0 amide bonds. The number of piperazine rings is 1. The van der Waals surface area contributed by atoms with E-state index in [2.05, 4.69) is 28.8 Å². The quantitative estimate of drug-likeness (QED) is 0.715. The molecule has 0 aliphatic carbocycles. The first kappa shape index (κ1) is 24.6. The SMILES string of the molecule is CCC(C)[C@@H](c1ccc(OC(F)(F)F)c(Cl)c1)N1CCNCC1.Cl.Cl. The molecule has 1 unspecified atom stereocenters. The summed E-state index contributed by atoms with van der Waals surface area (Å²) in [5.41, 5.74) is 0.931. The minimum atomic E-state index is -4.74. The van der Waals surface area contributed by atoms with E-state index in [0.29, 0.717) is 5.92 Å². The van der Waals surface area contributed by atoms with Crippen molar-refractivity contribution >= 4 is 36.4 Å². The predicted molar refractivity (Wildman–Crippen MR) is 99.3 cm³/mol. The lowest BCUT2D eigenvalue weighted by molar-refractivity contribution is -0.274. The van der Waals surface area contributed by atoms with Crippen molar-refractivity contribution in [1.29, 1.82) is 0 Å². The predicted octanol–water partition coefficient (Wildman–Crippen LogP) is 5.07. The summed E-state index contributed by atoms with van der Waals surface area (Å²) in [4.78, 5) is 2.36. The summed E-state index contributed by atoms with van der Waals surface area (Å²) in [7, 11) is 0. The van der Waals surface area contributed by atoms with E-state index in [1.807, 2.05) is 0 Å². The minimum Gasteiger partial charge on any atom is -0.404 e. The maximum atomic E-state index is 12.4. The Labute approximate surface area is 164 Å². The summed E-state index contributed by atoms with van der Waals surface area (Å²) in [6.45, 7) is 7.91. The third-order valence-corrected chi connectivity index (χ3v) is 4.55. The molecule has 1 N–H and O–H groups in total. The van der Waals surface area contributed by atoms with Crippen molar-refractivity contribution in [2.24, 2.45) is 5.92 Å². The van der Waals surface area contributed by atoms with Gasteiger partial charge in [0.2, 0.25) is 0 Å². The van der Waals surface area contributed by atoms with Gasteiger partial charge < -0.3 is 10.1 Å². The monoisotopic (exact) mass is 422 g/mol. The lowest BCUT2D eigenvalue weighted by atomic mass is 9.90. The van der Waals surface area contributed by atoms with Crippen LogP contribution < -0.4 is 10.1 Å². The average Bonchev–Trinajstić information content (AvgIpc) is 2.50. The fourth-order valence-corrected chi connectivity index (χ4v) is 3.22. The van der Waals surface area contributed by atoms with Crippen molar-refractivity contribution in [2.75, 3.05) is 26.2 Å². The molecule has 0 saturated carbocycles. The van der Waals surface area contributed by atoms with Crippen LogP contribution in [0.5, 0.6) is 5.75 Å². The van der Waals surface area contributed by atoms with Gasteiger partial charge in [0.1, 0.15) is 5.75 Å². The zero-order valence-corrected chi connectivity index (χ0v) is 16.5. The van der Waals surface area contributed by atoms with E-state index in [1.54, 1.807) is 12.1 Å². The van der Waals surface area contributed by atoms with Gasteiger partial charge >= 0.3 is 6.36 Å². The summed E-state index contributed by atoms with van der Waals surface area (Å²) in [6.07, 6.45) is -3.76. The number of rotatable bonds is 5. The summed E-state index contributed by atoms with van der Waals surface area (Å²) < 4.78 is 41.0. The second-order valence-electron chi connectivity index (χ2n) is 5.85. The molecule has 1 aromatic carbocycles. The van der Waals surface area contributed by atoms with Gasteiger partial charge in [0, 0.05) is 32.2 Å². The number of hydrogen-bond acceptors (Lipinski definition) is 3. The van der Waals surface area contributed by atoms with E-state index in [4.69, 9.17) is 11.6 Å². The molecule has 1 aliphatic rings. The first-order valence-corrected chi connectivity index (χ1v) is 8.19. The number of hydrogen-bond donors (Lipinski definition) is 1. The van der Waals surface area contributed by atoms with E-state index in [1.165, 1.54) is 6.07 Å². The van der Waals surface area contributed by atoms with Crippen molar-refractivity contribution in [3.05, 3.63) is 28.8 Å². The molecule has 0 spiro atoms. The highest BCUT2D eigenvalue weighted by atomic mass is 35.5. The Morgan fingerprint density at radius 1 is 1.24 bits per heavy atom. The zero-order chi connectivity index (χ0) is 17.0. The first-order chi connectivity index (χ1) is 10.8. The van der Waals surface area contributed by atoms with Gasteiger partial charge in [0.05, 0.1) is 5.02 Å². The molecule has 0 aromatic heterocycles. The Bertz CT molecular complexity index is 526. The second-order valence-corrected chi connectivity index (χ2v) is 6.26. The molecular formula is C16H24Cl3F3N2O. The summed E-state index contributed by atoms with van der Waals surface area (Å²) in [6, 6.07) is 4.73. The highest BCUT2D eigenvalue weighted by Gasteiger charge is 2.33. The van der Waals surface area contributed by atoms with E-state index >= 15 is 0 Å². The second kappa shape index (κ2) is 10.7. The van der Waals surface area contributed by atoms with Crippen LogP contribution in [-0.4, -0.2) is 37.4 Å². The van der Waals surface area contributed by atoms with Gasteiger partial charge in [-0.2, -0.15) is 0 Å². The highest BCUT2D eigenvalue weighted by Crippen LogP contribution is 2.36. The fraction of sp³-hybridized carbons (Fsp3) is 0.625. The lowest BCUT2D eigenvalue weighted by Crippen LogP contribution is -2.46. The standard InChI is InChI=1S/C16H22ClF3N2O.2ClH/c1-3-11(2)15(22-8-6-21-7-9-22)12-4-5-14(13(17)10-12)23-16(18,19)20;;/h4-5,10-11,15,21H,3,6-9H2,1-2H3;2*1H/t11?,15-;;/m0../s1. The van der Waals surface area contributed by atoms with Crippen LogP contribution in [0.1, 0.15) is 31.9 Å². The van der Waals surface area contributed by atoms with Crippen LogP contribution in [0.4, 0.5) is 13.2 Å². The summed E-state index contributed by atoms with van der Waals surface area (Å²) in [5, 5.41) is 3.30. The molecule has 0 radical (unpaired) electrons. The lowest BCUT2D eigenvalue weighted by Gasteiger charge is -2.38. The van der Waals surface area contributed by atoms with Gasteiger partial charge in [-0.25, -0.2) is 0 Å². The van der Waals surface area contributed by atoms with Crippen LogP contribution in [0.25, 0.3) is 0 Å². The molecule has 1 aliphatic heterocycles. The van der Waals surface area contributed by atoms with Gasteiger partial charge in [-0.05, 0) is 23.6 Å². The number of alkyl halides is 3. The van der Waals surface area contributed by atoms with Gasteiger partial charge in [-0.15, -0.1) is 38.0 Å². The minimum absolute atomic E-state index is 0. The largest absolute Gasteiger partial charge is 0.573 e.